The fourth-order valence-electron chi connectivity index (χ4n) is 2.65. The Morgan fingerprint density at radius 3 is 2.69 bits per heavy atom. The van der Waals surface area contributed by atoms with Gasteiger partial charge in [0.1, 0.15) is 5.75 Å². The number of hydrogen-bond donors (Lipinski definition) is 0. The predicted octanol–water partition coefficient (Wildman–Crippen LogP) is 3.40. The summed E-state index contributed by atoms with van der Waals surface area (Å²) in [7, 11) is 0. The van der Waals surface area contributed by atoms with Crippen LogP contribution in [-0.4, -0.2) is 18.8 Å². The molecule has 0 amide bonds. The van der Waals surface area contributed by atoms with Crippen LogP contribution in [0.4, 0.5) is 0 Å². The molecule has 86 valence electrons. The first kappa shape index (κ1) is 10.6. The van der Waals surface area contributed by atoms with Crippen LogP contribution < -0.4 is 4.74 Å². The molecule has 0 radical (unpaired) electrons. The number of hydrogen-bond acceptors (Lipinski definition) is 2. The minimum Gasteiger partial charge on any atom is -0.493 e. The van der Waals surface area contributed by atoms with Crippen molar-refractivity contribution in [3.63, 3.8) is 0 Å². The molecule has 1 aromatic carbocycles. The van der Waals surface area contributed by atoms with Gasteiger partial charge in [0, 0.05) is 10.4 Å². The van der Waals surface area contributed by atoms with Gasteiger partial charge >= 0.3 is 0 Å². The zero-order chi connectivity index (χ0) is 11.0. The van der Waals surface area contributed by atoms with E-state index < -0.39 is 0 Å². The monoisotopic (exact) mass is 282 g/mol. The summed E-state index contributed by atoms with van der Waals surface area (Å²) in [6.45, 7) is 0.794. The number of halogens is 1. The highest BCUT2D eigenvalue weighted by Crippen LogP contribution is 2.38. The second-order valence-electron chi connectivity index (χ2n) is 4.63. The molecular weight excluding hydrogens is 268 g/mol. The van der Waals surface area contributed by atoms with Crippen LogP contribution in [0.15, 0.2) is 28.7 Å². The Bertz CT molecular complexity index is 363. The summed E-state index contributed by atoms with van der Waals surface area (Å²) in [5.74, 6) is 1.55. The fraction of sp³-hybridized carbons (Fsp3) is 0.538. The van der Waals surface area contributed by atoms with Crippen LogP contribution in [-0.2, 0) is 4.74 Å². The van der Waals surface area contributed by atoms with Crippen LogP contribution >= 0.6 is 15.9 Å². The summed E-state index contributed by atoms with van der Waals surface area (Å²) < 4.78 is 12.7. The molecule has 0 aromatic heterocycles. The van der Waals surface area contributed by atoms with E-state index in [0.717, 1.165) is 16.8 Å². The van der Waals surface area contributed by atoms with Crippen LogP contribution in [0, 0.1) is 5.92 Å². The molecule has 0 saturated carbocycles. The maximum atomic E-state index is 5.80. The third kappa shape index (κ3) is 2.11. The average Bonchev–Trinajstić information content (AvgIpc) is 2.90. The van der Waals surface area contributed by atoms with Gasteiger partial charge in [-0.2, -0.15) is 0 Å². The van der Waals surface area contributed by atoms with Crippen LogP contribution in [0.25, 0.3) is 0 Å². The van der Waals surface area contributed by atoms with Gasteiger partial charge in [0.25, 0.3) is 0 Å². The average molecular weight is 283 g/mol. The van der Waals surface area contributed by atoms with Gasteiger partial charge in [-0.05, 0) is 43.5 Å². The molecule has 0 spiro atoms. The van der Waals surface area contributed by atoms with Gasteiger partial charge < -0.3 is 9.47 Å². The first-order chi connectivity index (χ1) is 7.81. The van der Waals surface area contributed by atoms with E-state index in [9.17, 15) is 0 Å². The van der Waals surface area contributed by atoms with Crippen molar-refractivity contribution in [3.8, 4) is 5.75 Å². The van der Waals surface area contributed by atoms with E-state index in [2.05, 4.69) is 15.9 Å². The first-order valence-electron chi connectivity index (χ1n) is 5.85. The van der Waals surface area contributed by atoms with Crippen molar-refractivity contribution in [2.24, 2.45) is 5.92 Å². The number of rotatable bonds is 3. The van der Waals surface area contributed by atoms with Crippen LogP contribution in [0.1, 0.15) is 19.3 Å². The van der Waals surface area contributed by atoms with E-state index in [4.69, 9.17) is 9.47 Å². The fourth-order valence-corrected chi connectivity index (χ4v) is 2.92. The summed E-state index contributed by atoms with van der Waals surface area (Å²) >= 11 is 3.41. The molecule has 2 bridgehead atoms. The SMILES string of the molecule is Brc1ccc(OCC2CC3CCC2O3)cc1. The molecule has 3 heteroatoms. The normalized spacial score (nSPS) is 31.9. The molecule has 3 rings (SSSR count). The molecule has 2 nitrogen and oxygen atoms in total. The van der Waals surface area contributed by atoms with E-state index in [-0.39, 0.29) is 0 Å². The van der Waals surface area contributed by atoms with Crippen molar-refractivity contribution < 1.29 is 9.47 Å². The highest BCUT2D eigenvalue weighted by Gasteiger charge is 2.40. The maximum Gasteiger partial charge on any atom is 0.119 e. The molecule has 2 fully saturated rings. The van der Waals surface area contributed by atoms with Gasteiger partial charge in [-0.1, -0.05) is 15.9 Å². The van der Waals surface area contributed by atoms with Crippen LogP contribution in [0.3, 0.4) is 0 Å². The van der Waals surface area contributed by atoms with Crippen molar-refractivity contribution >= 4 is 15.9 Å². The van der Waals surface area contributed by atoms with Crippen molar-refractivity contribution in [2.75, 3.05) is 6.61 Å². The van der Waals surface area contributed by atoms with Gasteiger partial charge in [0.05, 0.1) is 18.8 Å². The zero-order valence-electron chi connectivity index (χ0n) is 9.06. The van der Waals surface area contributed by atoms with Crippen molar-refractivity contribution in [1.29, 1.82) is 0 Å². The van der Waals surface area contributed by atoms with Gasteiger partial charge in [0.15, 0.2) is 0 Å². The molecule has 3 atom stereocenters. The quantitative estimate of drug-likeness (QED) is 0.846. The van der Waals surface area contributed by atoms with Gasteiger partial charge in [0.2, 0.25) is 0 Å². The van der Waals surface area contributed by atoms with E-state index in [1.165, 1.54) is 19.3 Å². The smallest absolute Gasteiger partial charge is 0.119 e. The summed E-state index contributed by atoms with van der Waals surface area (Å²) in [4.78, 5) is 0. The van der Waals surface area contributed by atoms with Gasteiger partial charge in [-0.15, -0.1) is 0 Å². The van der Waals surface area contributed by atoms with Crippen molar-refractivity contribution in [2.45, 2.75) is 31.5 Å². The standard InChI is InChI=1S/C13H15BrO2/c14-10-1-3-11(4-2-10)15-8-9-7-12-5-6-13(9)16-12/h1-4,9,12-13H,5-8H2. The zero-order valence-corrected chi connectivity index (χ0v) is 10.7. The van der Waals surface area contributed by atoms with E-state index in [0.29, 0.717) is 18.1 Å². The van der Waals surface area contributed by atoms with E-state index >= 15 is 0 Å². The van der Waals surface area contributed by atoms with Gasteiger partial charge in [-0.3, -0.25) is 0 Å². The summed E-state index contributed by atoms with van der Waals surface area (Å²) in [6.07, 6.45) is 4.63. The Morgan fingerprint density at radius 1 is 1.25 bits per heavy atom. The minimum atomic E-state index is 0.459. The number of fused-ring (bicyclic) bond motifs is 2. The lowest BCUT2D eigenvalue weighted by Crippen LogP contribution is -2.23. The molecule has 3 unspecified atom stereocenters. The number of benzene rings is 1. The van der Waals surface area contributed by atoms with E-state index in [1.54, 1.807) is 0 Å². The molecule has 16 heavy (non-hydrogen) atoms. The summed E-state index contributed by atoms with van der Waals surface area (Å²) in [6, 6.07) is 8.01. The summed E-state index contributed by atoms with van der Waals surface area (Å²) in [5.41, 5.74) is 0. The predicted molar refractivity (Wildman–Crippen MR) is 65.6 cm³/mol. The Morgan fingerprint density at radius 2 is 2.06 bits per heavy atom. The molecule has 2 aliphatic heterocycles. The highest BCUT2D eigenvalue weighted by molar-refractivity contribution is 9.10. The lowest BCUT2D eigenvalue weighted by Gasteiger charge is -2.18. The minimum absolute atomic E-state index is 0.459. The summed E-state index contributed by atoms with van der Waals surface area (Å²) in [5, 5.41) is 0. The maximum absolute atomic E-state index is 5.80. The Kier molecular flexibility index (Phi) is 2.90. The first-order valence-corrected chi connectivity index (χ1v) is 6.64. The molecule has 0 N–H and O–H groups in total. The molecule has 0 aliphatic carbocycles. The van der Waals surface area contributed by atoms with Crippen molar-refractivity contribution in [3.05, 3.63) is 28.7 Å². The van der Waals surface area contributed by atoms with Gasteiger partial charge in [-0.25, -0.2) is 0 Å². The second-order valence-corrected chi connectivity index (χ2v) is 5.55. The Balaban J connectivity index is 1.55. The Hall–Kier alpha value is -0.540. The molecule has 2 heterocycles. The van der Waals surface area contributed by atoms with E-state index in [1.807, 2.05) is 24.3 Å². The highest BCUT2D eigenvalue weighted by atomic mass is 79.9. The molecular formula is C13H15BrO2. The van der Waals surface area contributed by atoms with Crippen LogP contribution in [0.2, 0.25) is 0 Å². The molecule has 2 saturated heterocycles. The number of ether oxygens (including phenoxy) is 2. The topological polar surface area (TPSA) is 18.5 Å². The van der Waals surface area contributed by atoms with Crippen molar-refractivity contribution in [1.82, 2.24) is 0 Å². The lowest BCUT2D eigenvalue weighted by molar-refractivity contribution is 0.0825. The van der Waals surface area contributed by atoms with Crippen LogP contribution in [0.5, 0.6) is 5.75 Å². The molecule has 2 aliphatic rings. The molecule has 1 aromatic rings. The largest absolute Gasteiger partial charge is 0.493 e. The Labute approximate surface area is 104 Å². The third-order valence-corrected chi connectivity index (χ3v) is 4.04. The lowest BCUT2D eigenvalue weighted by atomic mass is 9.90. The second kappa shape index (κ2) is 4.38. The third-order valence-electron chi connectivity index (χ3n) is 3.51.